The monoisotopic (exact) mass is 157 g/mol. The van der Waals surface area contributed by atoms with Crippen molar-refractivity contribution in [3.63, 3.8) is 0 Å². The average Bonchev–Trinajstić information content (AvgIpc) is 1.99. The van der Waals surface area contributed by atoms with Gasteiger partial charge < -0.3 is 0 Å². The van der Waals surface area contributed by atoms with Crippen molar-refractivity contribution in [2.75, 3.05) is 0 Å². The summed E-state index contributed by atoms with van der Waals surface area (Å²) in [6, 6.07) is 0. The molecule has 0 fully saturated rings. The van der Waals surface area contributed by atoms with Gasteiger partial charge in [-0.15, -0.1) is 0 Å². The quantitative estimate of drug-likeness (QED) is 0.539. The van der Waals surface area contributed by atoms with Gasteiger partial charge in [0.2, 0.25) is 0 Å². The molecule has 0 aliphatic rings. The highest BCUT2D eigenvalue weighted by Crippen LogP contribution is 2.13. The van der Waals surface area contributed by atoms with E-state index in [0.29, 0.717) is 11.0 Å². The van der Waals surface area contributed by atoms with Crippen LogP contribution in [0.25, 0.3) is 0 Å². The van der Waals surface area contributed by atoms with Crippen LogP contribution >= 0.6 is 11.6 Å². The zero-order chi connectivity index (χ0) is 8.43. The zero-order valence-electron chi connectivity index (χ0n) is 6.98. The van der Waals surface area contributed by atoms with Crippen molar-refractivity contribution in [1.82, 2.24) is 9.97 Å². The number of aryl methyl sites for hydroxylation is 2. The fraction of sp³-hybridized carbons (Fsp3) is 0.429. The van der Waals surface area contributed by atoms with E-state index >= 15 is 0 Å². The van der Waals surface area contributed by atoms with Crippen molar-refractivity contribution in [3.05, 3.63) is 22.2 Å². The van der Waals surface area contributed by atoms with Crippen LogP contribution < -0.4 is 0 Å². The minimum Gasteiger partial charge on any atom is -0.238 e. The highest BCUT2D eigenvalue weighted by molar-refractivity contribution is 6.30. The highest BCUT2D eigenvalue weighted by Gasteiger charge is 2.01. The summed E-state index contributed by atoms with van der Waals surface area (Å²) in [5, 5.41) is 0.458. The Balaban J connectivity index is 3.21. The van der Waals surface area contributed by atoms with Crippen LogP contribution in [0, 0.1) is 20.7 Å². The Kier molecular flexibility index (Phi) is 1.55. The molecule has 0 N–H and O–H groups in total. The van der Waals surface area contributed by atoms with Gasteiger partial charge in [-0.3, -0.25) is 0 Å². The molecule has 0 saturated carbocycles. The van der Waals surface area contributed by atoms with E-state index in [1.54, 1.807) is 0 Å². The van der Waals surface area contributed by atoms with Gasteiger partial charge in [0.25, 0.3) is 0 Å². The largest absolute Gasteiger partial charge is 0.238 e. The van der Waals surface area contributed by atoms with Gasteiger partial charge in [0.05, 0.1) is 0 Å². The molecule has 0 unspecified atom stereocenters. The van der Waals surface area contributed by atoms with Crippen molar-refractivity contribution in [1.29, 1.82) is 0 Å². The standard InChI is InChI=1S/C7H9ClN2/c1-4-5(2)9-6(3)10-7(4)8/h1-3H3/i3D. The van der Waals surface area contributed by atoms with Gasteiger partial charge in [-0.1, -0.05) is 11.6 Å². The van der Waals surface area contributed by atoms with Crippen LogP contribution in [0.1, 0.15) is 18.5 Å². The molecule has 54 valence electrons. The molecular formula is C7H9ClN2. The Hall–Kier alpha value is -0.630. The van der Waals surface area contributed by atoms with Crippen LogP contribution in [0.15, 0.2) is 0 Å². The third-order valence-corrected chi connectivity index (χ3v) is 1.74. The third kappa shape index (κ3) is 1.27. The second-order valence-corrected chi connectivity index (χ2v) is 2.50. The molecule has 0 atom stereocenters. The van der Waals surface area contributed by atoms with Gasteiger partial charge >= 0.3 is 0 Å². The highest BCUT2D eigenvalue weighted by atomic mass is 35.5. The summed E-state index contributed by atoms with van der Waals surface area (Å²) in [7, 11) is 0. The Morgan fingerprint density at radius 3 is 2.60 bits per heavy atom. The molecule has 1 aromatic rings. The minimum absolute atomic E-state index is 0.0842. The van der Waals surface area contributed by atoms with Gasteiger partial charge in [-0.05, 0) is 20.7 Å². The number of halogens is 1. The second kappa shape index (κ2) is 2.54. The lowest BCUT2D eigenvalue weighted by atomic mass is 10.3. The van der Waals surface area contributed by atoms with E-state index < -0.39 is 0 Å². The lowest BCUT2D eigenvalue weighted by Crippen LogP contribution is -1.94. The molecule has 0 aliphatic carbocycles. The number of nitrogens with zero attached hydrogens (tertiary/aromatic N) is 2. The summed E-state index contributed by atoms with van der Waals surface area (Å²) in [5.41, 5.74) is 1.75. The van der Waals surface area contributed by atoms with E-state index in [2.05, 4.69) is 9.97 Å². The summed E-state index contributed by atoms with van der Waals surface area (Å²) in [4.78, 5) is 7.99. The molecule has 0 amide bonds. The molecule has 0 bridgehead atoms. The zero-order valence-corrected chi connectivity index (χ0v) is 6.74. The first-order valence-corrected chi connectivity index (χ1v) is 3.31. The predicted octanol–water partition coefficient (Wildman–Crippen LogP) is 2.06. The summed E-state index contributed by atoms with van der Waals surface area (Å²) in [6.45, 7) is 3.81. The smallest absolute Gasteiger partial charge is 0.135 e. The topological polar surface area (TPSA) is 25.8 Å². The van der Waals surface area contributed by atoms with Gasteiger partial charge in [0.1, 0.15) is 11.0 Å². The van der Waals surface area contributed by atoms with Crippen LogP contribution in [0.3, 0.4) is 0 Å². The summed E-state index contributed by atoms with van der Waals surface area (Å²) in [6.07, 6.45) is 0. The number of rotatable bonds is 0. The molecule has 0 spiro atoms. The fourth-order valence-electron chi connectivity index (χ4n) is 0.649. The summed E-state index contributed by atoms with van der Waals surface area (Å²) in [5.74, 6) is 0.484. The first-order valence-electron chi connectivity index (χ1n) is 3.64. The number of hydrogen-bond donors (Lipinski definition) is 0. The third-order valence-electron chi connectivity index (χ3n) is 1.38. The fourth-order valence-corrected chi connectivity index (χ4v) is 0.883. The average molecular weight is 158 g/mol. The molecule has 0 aliphatic heterocycles. The van der Waals surface area contributed by atoms with Crippen molar-refractivity contribution in [2.45, 2.75) is 20.7 Å². The van der Waals surface area contributed by atoms with E-state index in [-0.39, 0.29) is 6.90 Å². The Labute approximate surface area is 66.7 Å². The van der Waals surface area contributed by atoms with Crippen molar-refractivity contribution in [2.24, 2.45) is 0 Å². The van der Waals surface area contributed by atoms with Crippen LogP contribution in [0.2, 0.25) is 5.15 Å². The molecule has 2 nitrogen and oxygen atoms in total. The maximum atomic E-state index is 7.02. The SMILES string of the molecule is [2H]Cc1nc(C)c(C)c(Cl)n1. The van der Waals surface area contributed by atoms with Crippen LogP contribution in [-0.4, -0.2) is 9.97 Å². The molecule has 3 heteroatoms. The molecule has 0 aromatic carbocycles. The number of hydrogen-bond acceptors (Lipinski definition) is 2. The Bertz CT molecular complexity index is 252. The van der Waals surface area contributed by atoms with Crippen molar-refractivity contribution < 1.29 is 1.37 Å². The van der Waals surface area contributed by atoms with Gasteiger partial charge in [-0.2, -0.15) is 0 Å². The summed E-state index contributed by atoms with van der Waals surface area (Å²) < 4.78 is 7.02. The first-order chi connectivity index (χ1) is 5.15. The van der Waals surface area contributed by atoms with E-state index in [0.717, 1.165) is 11.3 Å². The molecule has 1 heterocycles. The summed E-state index contributed by atoms with van der Waals surface area (Å²) >= 11 is 5.76. The number of aromatic nitrogens is 2. The van der Waals surface area contributed by atoms with E-state index in [1.165, 1.54) is 0 Å². The first kappa shape index (κ1) is 6.10. The van der Waals surface area contributed by atoms with Crippen molar-refractivity contribution in [3.8, 4) is 0 Å². The molecule has 0 saturated heterocycles. The van der Waals surface area contributed by atoms with E-state index in [9.17, 15) is 0 Å². The maximum Gasteiger partial charge on any atom is 0.135 e. The normalized spacial score (nSPS) is 11.3. The Morgan fingerprint density at radius 2 is 2.10 bits per heavy atom. The lowest BCUT2D eigenvalue weighted by Gasteiger charge is -2.00. The van der Waals surface area contributed by atoms with Crippen LogP contribution in [0.5, 0.6) is 0 Å². The predicted molar refractivity (Wildman–Crippen MR) is 41.3 cm³/mol. The minimum atomic E-state index is 0.0842. The van der Waals surface area contributed by atoms with Crippen LogP contribution in [-0.2, 0) is 0 Å². The maximum absolute atomic E-state index is 7.02. The molecule has 1 aromatic heterocycles. The van der Waals surface area contributed by atoms with Crippen LogP contribution in [0.4, 0.5) is 0 Å². The molecule has 1 rings (SSSR count). The van der Waals surface area contributed by atoms with E-state index in [4.69, 9.17) is 13.0 Å². The van der Waals surface area contributed by atoms with Gasteiger partial charge in [0.15, 0.2) is 0 Å². The lowest BCUT2D eigenvalue weighted by molar-refractivity contribution is 0.986. The molecule has 0 radical (unpaired) electrons. The van der Waals surface area contributed by atoms with Gasteiger partial charge in [-0.25, -0.2) is 9.97 Å². The molecular weight excluding hydrogens is 148 g/mol. The van der Waals surface area contributed by atoms with Gasteiger partial charge in [0, 0.05) is 12.6 Å². The van der Waals surface area contributed by atoms with Crippen molar-refractivity contribution >= 4 is 11.6 Å². The molecule has 10 heavy (non-hydrogen) atoms. The Morgan fingerprint density at radius 1 is 1.40 bits per heavy atom. The van der Waals surface area contributed by atoms with E-state index in [1.807, 2.05) is 13.8 Å². The second-order valence-electron chi connectivity index (χ2n) is 2.14.